The second-order valence-corrected chi connectivity index (χ2v) is 8.22. The van der Waals surface area contributed by atoms with Crippen molar-refractivity contribution in [3.63, 3.8) is 0 Å². The monoisotopic (exact) mass is 341 g/mol. The predicted molar refractivity (Wildman–Crippen MR) is 85.9 cm³/mol. The molecule has 1 saturated heterocycles. The maximum Gasteiger partial charge on any atom is 0.254 e. The van der Waals surface area contributed by atoms with E-state index in [1.165, 1.54) is 0 Å². The van der Waals surface area contributed by atoms with Crippen LogP contribution >= 0.6 is 27.7 Å². The largest absolute Gasteiger partial charge is 0.338 e. The topological polar surface area (TPSA) is 20.3 Å². The molecule has 2 nitrogen and oxygen atoms in total. The van der Waals surface area contributed by atoms with Gasteiger partial charge in [-0.15, -0.1) is 0 Å². The van der Waals surface area contributed by atoms with Crippen LogP contribution in [0, 0.1) is 6.92 Å². The lowest BCUT2D eigenvalue weighted by atomic mass is 10.1. The van der Waals surface area contributed by atoms with Crippen LogP contribution in [0.2, 0.25) is 0 Å². The van der Waals surface area contributed by atoms with Crippen LogP contribution in [-0.4, -0.2) is 34.4 Å². The van der Waals surface area contributed by atoms with E-state index in [9.17, 15) is 4.79 Å². The fourth-order valence-corrected chi connectivity index (χ4v) is 3.70. The molecule has 0 aromatic heterocycles. The lowest BCUT2D eigenvalue weighted by Crippen LogP contribution is -2.34. The van der Waals surface area contributed by atoms with Crippen molar-refractivity contribution in [2.75, 3.05) is 18.8 Å². The standard InChI is InChI=1S/C15H20BrNOS/c1-11-12(5-4-6-13(11)16)14(18)17-8-7-15(2,3)19-10-9-17/h4-6H,7-10H2,1-3H3. The van der Waals surface area contributed by atoms with Crippen molar-refractivity contribution >= 4 is 33.6 Å². The van der Waals surface area contributed by atoms with Crippen LogP contribution in [0.4, 0.5) is 0 Å². The molecule has 1 amide bonds. The van der Waals surface area contributed by atoms with Crippen LogP contribution in [0.25, 0.3) is 0 Å². The Hall–Kier alpha value is -0.480. The molecule has 1 aromatic rings. The molecule has 1 heterocycles. The van der Waals surface area contributed by atoms with E-state index in [0.29, 0.717) is 0 Å². The predicted octanol–water partition coefficient (Wildman–Crippen LogP) is 4.12. The molecule has 0 bridgehead atoms. The Balaban J connectivity index is 2.18. The molecule has 104 valence electrons. The second kappa shape index (κ2) is 5.88. The van der Waals surface area contributed by atoms with Crippen molar-refractivity contribution in [1.29, 1.82) is 0 Å². The molecule has 0 saturated carbocycles. The van der Waals surface area contributed by atoms with Crippen LogP contribution in [0.15, 0.2) is 22.7 Å². The van der Waals surface area contributed by atoms with Crippen molar-refractivity contribution in [1.82, 2.24) is 4.90 Å². The van der Waals surface area contributed by atoms with E-state index in [-0.39, 0.29) is 10.7 Å². The Morgan fingerprint density at radius 1 is 1.37 bits per heavy atom. The van der Waals surface area contributed by atoms with Gasteiger partial charge in [0, 0.05) is 33.6 Å². The van der Waals surface area contributed by atoms with E-state index < -0.39 is 0 Å². The van der Waals surface area contributed by atoms with Crippen molar-refractivity contribution in [3.05, 3.63) is 33.8 Å². The first kappa shape index (κ1) is 14.9. The van der Waals surface area contributed by atoms with Gasteiger partial charge in [-0.05, 0) is 31.0 Å². The van der Waals surface area contributed by atoms with Crippen molar-refractivity contribution in [2.24, 2.45) is 0 Å². The third kappa shape index (κ3) is 3.54. The molecule has 0 aliphatic carbocycles. The van der Waals surface area contributed by atoms with E-state index in [1.807, 2.05) is 41.8 Å². The first-order valence-corrected chi connectivity index (χ1v) is 8.37. The maximum atomic E-state index is 12.6. The number of halogens is 1. The summed E-state index contributed by atoms with van der Waals surface area (Å²) in [6.45, 7) is 8.21. The SMILES string of the molecule is Cc1c(Br)cccc1C(=O)N1CCSC(C)(C)CC1. The summed E-state index contributed by atoms with van der Waals surface area (Å²) in [5.74, 6) is 1.18. The number of amides is 1. The molecule has 0 radical (unpaired) electrons. The van der Waals surface area contributed by atoms with Crippen molar-refractivity contribution in [3.8, 4) is 0 Å². The first-order chi connectivity index (χ1) is 8.91. The maximum absolute atomic E-state index is 12.6. The lowest BCUT2D eigenvalue weighted by molar-refractivity contribution is 0.0764. The molecule has 0 N–H and O–H groups in total. The van der Waals surface area contributed by atoms with Crippen LogP contribution < -0.4 is 0 Å². The first-order valence-electron chi connectivity index (χ1n) is 6.59. The van der Waals surface area contributed by atoms with Crippen molar-refractivity contribution in [2.45, 2.75) is 31.9 Å². The lowest BCUT2D eigenvalue weighted by Gasteiger charge is -2.23. The van der Waals surface area contributed by atoms with Crippen LogP contribution in [0.1, 0.15) is 36.2 Å². The molecule has 1 aliphatic rings. The number of hydrogen-bond donors (Lipinski definition) is 0. The Kier molecular flexibility index (Phi) is 4.62. The highest BCUT2D eigenvalue weighted by Gasteiger charge is 2.27. The fraction of sp³-hybridized carbons (Fsp3) is 0.533. The molecule has 0 atom stereocenters. The smallest absolute Gasteiger partial charge is 0.254 e. The zero-order valence-corrected chi connectivity index (χ0v) is 14.1. The molecule has 1 aromatic carbocycles. The van der Waals surface area contributed by atoms with Crippen LogP contribution in [-0.2, 0) is 0 Å². The molecule has 0 spiro atoms. The number of rotatable bonds is 1. The number of benzene rings is 1. The summed E-state index contributed by atoms with van der Waals surface area (Å²) < 4.78 is 1.28. The third-order valence-corrected chi connectivity index (χ3v) is 5.85. The quantitative estimate of drug-likeness (QED) is 0.765. The minimum absolute atomic E-state index is 0.164. The highest BCUT2D eigenvalue weighted by Crippen LogP contribution is 2.31. The number of nitrogens with zero attached hydrogens (tertiary/aromatic N) is 1. The van der Waals surface area contributed by atoms with Crippen LogP contribution in [0.3, 0.4) is 0 Å². The minimum atomic E-state index is 0.164. The van der Waals surface area contributed by atoms with Gasteiger partial charge in [0.05, 0.1) is 0 Å². The molecule has 1 aliphatic heterocycles. The molecular weight excluding hydrogens is 322 g/mol. The van der Waals surface area contributed by atoms with E-state index >= 15 is 0 Å². The summed E-state index contributed by atoms with van der Waals surface area (Å²) in [5.41, 5.74) is 1.85. The Morgan fingerprint density at radius 3 is 2.84 bits per heavy atom. The Morgan fingerprint density at radius 2 is 2.11 bits per heavy atom. The Labute approximate surface area is 128 Å². The molecule has 2 rings (SSSR count). The summed E-state index contributed by atoms with van der Waals surface area (Å²) in [6.07, 6.45) is 1.05. The third-order valence-electron chi connectivity index (χ3n) is 3.62. The zero-order valence-electron chi connectivity index (χ0n) is 11.7. The number of carbonyl (C=O) groups excluding carboxylic acids is 1. The van der Waals surface area contributed by atoms with E-state index in [0.717, 1.165) is 40.9 Å². The van der Waals surface area contributed by atoms with Gasteiger partial charge in [0.25, 0.3) is 5.91 Å². The summed E-state index contributed by atoms with van der Waals surface area (Å²) in [5, 5.41) is 0. The van der Waals surface area contributed by atoms with Gasteiger partial charge in [0.2, 0.25) is 0 Å². The average molecular weight is 342 g/mol. The molecule has 1 fully saturated rings. The fourth-order valence-electron chi connectivity index (χ4n) is 2.23. The van der Waals surface area contributed by atoms with Crippen LogP contribution in [0.5, 0.6) is 0 Å². The number of thioether (sulfide) groups is 1. The van der Waals surface area contributed by atoms with Gasteiger partial charge in [-0.2, -0.15) is 11.8 Å². The molecular formula is C15H20BrNOS. The van der Waals surface area contributed by atoms with Gasteiger partial charge < -0.3 is 4.90 Å². The number of hydrogen-bond acceptors (Lipinski definition) is 2. The van der Waals surface area contributed by atoms with Crippen molar-refractivity contribution < 1.29 is 4.79 Å². The number of carbonyl (C=O) groups is 1. The Bertz CT molecular complexity index is 487. The average Bonchev–Trinajstić information content (AvgIpc) is 2.53. The zero-order chi connectivity index (χ0) is 14.0. The second-order valence-electron chi connectivity index (χ2n) is 5.56. The molecule has 0 unspecified atom stereocenters. The van der Waals surface area contributed by atoms with Gasteiger partial charge in [-0.25, -0.2) is 0 Å². The highest BCUT2D eigenvalue weighted by molar-refractivity contribution is 9.10. The summed E-state index contributed by atoms with van der Waals surface area (Å²) in [7, 11) is 0. The summed E-state index contributed by atoms with van der Waals surface area (Å²) in [4.78, 5) is 14.6. The van der Waals surface area contributed by atoms with E-state index in [1.54, 1.807) is 0 Å². The molecule has 19 heavy (non-hydrogen) atoms. The van der Waals surface area contributed by atoms with Gasteiger partial charge in [0.1, 0.15) is 0 Å². The minimum Gasteiger partial charge on any atom is -0.338 e. The van der Waals surface area contributed by atoms with Gasteiger partial charge in [-0.3, -0.25) is 4.79 Å². The summed E-state index contributed by atoms with van der Waals surface area (Å²) >= 11 is 5.46. The normalized spacial score (nSPS) is 19.1. The van der Waals surface area contributed by atoms with Gasteiger partial charge in [-0.1, -0.05) is 35.8 Å². The van der Waals surface area contributed by atoms with E-state index in [2.05, 4.69) is 29.8 Å². The highest BCUT2D eigenvalue weighted by atomic mass is 79.9. The molecule has 4 heteroatoms. The van der Waals surface area contributed by atoms with Gasteiger partial charge >= 0.3 is 0 Å². The summed E-state index contributed by atoms with van der Waals surface area (Å²) in [6, 6.07) is 5.83. The van der Waals surface area contributed by atoms with E-state index in [4.69, 9.17) is 0 Å². The van der Waals surface area contributed by atoms with Gasteiger partial charge in [0.15, 0.2) is 0 Å².